The fraction of sp³-hybridized carbons (Fsp3) is 0.316. The zero-order valence-corrected chi connectivity index (χ0v) is 15.3. The number of aromatic amines is 1. The third kappa shape index (κ3) is 4.35. The van der Waals surface area contributed by atoms with Crippen molar-refractivity contribution in [1.29, 1.82) is 0 Å². The van der Waals surface area contributed by atoms with Crippen LogP contribution in [0, 0.1) is 0 Å². The molecule has 1 aliphatic heterocycles. The van der Waals surface area contributed by atoms with Gasteiger partial charge in [-0.25, -0.2) is 4.98 Å². The van der Waals surface area contributed by atoms with Crippen LogP contribution >= 0.6 is 0 Å². The summed E-state index contributed by atoms with van der Waals surface area (Å²) in [7, 11) is 2.17. The van der Waals surface area contributed by atoms with E-state index < -0.39 is 0 Å². The number of tetrazole rings is 1. The first-order chi connectivity index (χ1) is 13.3. The Bertz CT molecular complexity index is 906. The zero-order valence-electron chi connectivity index (χ0n) is 15.3. The van der Waals surface area contributed by atoms with Crippen molar-refractivity contribution in [2.24, 2.45) is 0 Å². The van der Waals surface area contributed by atoms with Gasteiger partial charge in [-0.1, -0.05) is 24.3 Å². The van der Waals surface area contributed by atoms with E-state index in [9.17, 15) is 0 Å². The summed E-state index contributed by atoms with van der Waals surface area (Å²) in [5, 5.41) is 13.8. The molecule has 0 unspecified atom stereocenters. The molecule has 8 nitrogen and oxygen atoms in total. The normalized spacial score (nSPS) is 16.0. The molecule has 2 aromatic heterocycles. The Morgan fingerprint density at radius 3 is 2.93 bits per heavy atom. The molecule has 1 N–H and O–H groups in total. The minimum atomic E-state index is 0.549. The van der Waals surface area contributed by atoms with Crippen LogP contribution in [0.4, 0.5) is 5.82 Å². The quantitative estimate of drug-likeness (QED) is 0.759. The molecular formula is C19H22N8. The topological polar surface area (TPSA) is 86.7 Å². The summed E-state index contributed by atoms with van der Waals surface area (Å²) in [6.45, 7) is 4.15. The van der Waals surface area contributed by atoms with Crippen molar-refractivity contribution in [2.45, 2.75) is 6.42 Å². The summed E-state index contributed by atoms with van der Waals surface area (Å²) < 4.78 is 0. The molecule has 0 atom stereocenters. The van der Waals surface area contributed by atoms with Crippen molar-refractivity contribution in [2.75, 3.05) is 38.1 Å². The molecule has 0 bridgehead atoms. The van der Waals surface area contributed by atoms with Gasteiger partial charge in [0.05, 0.1) is 18.1 Å². The van der Waals surface area contributed by atoms with Gasteiger partial charge in [0.25, 0.3) is 0 Å². The van der Waals surface area contributed by atoms with E-state index >= 15 is 0 Å². The van der Waals surface area contributed by atoms with Gasteiger partial charge in [-0.05, 0) is 42.9 Å². The number of benzene rings is 1. The first-order valence-electron chi connectivity index (χ1n) is 9.05. The van der Waals surface area contributed by atoms with Gasteiger partial charge in [0.2, 0.25) is 0 Å². The van der Waals surface area contributed by atoms with E-state index in [1.165, 1.54) is 0 Å². The Kier molecular flexibility index (Phi) is 5.15. The fourth-order valence-electron chi connectivity index (χ4n) is 3.14. The highest BCUT2D eigenvalue weighted by Gasteiger charge is 2.14. The van der Waals surface area contributed by atoms with E-state index in [1.54, 1.807) is 0 Å². The molecule has 4 rings (SSSR count). The first-order valence-corrected chi connectivity index (χ1v) is 9.05. The van der Waals surface area contributed by atoms with Crippen molar-refractivity contribution < 1.29 is 0 Å². The predicted molar refractivity (Wildman–Crippen MR) is 105 cm³/mol. The van der Waals surface area contributed by atoms with Gasteiger partial charge in [0, 0.05) is 25.2 Å². The second-order valence-corrected chi connectivity index (χ2v) is 6.64. The molecule has 0 amide bonds. The molecule has 3 heterocycles. The van der Waals surface area contributed by atoms with Crippen LogP contribution in [0.25, 0.3) is 23.4 Å². The number of hydrogen-bond acceptors (Lipinski definition) is 7. The number of nitrogens with one attached hydrogen (secondary N) is 1. The smallest absolute Gasteiger partial charge is 0.197 e. The summed E-state index contributed by atoms with van der Waals surface area (Å²) in [4.78, 5) is 14.0. The van der Waals surface area contributed by atoms with E-state index in [4.69, 9.17) is 4.98 Å². The van der Waals surface area contributed by atoms with Crippen molar-refractivity contribution >= 4 is 18.0 Å². The Morgan fingerprint density at radius 2 is 2.04 bits per heavy atom. The summed E-state index contributed by atoms with van der Waals surface area (Å²) in [6, 6.07) is 8.18. The molecule has 0 spiro atoms. The number of rotatable bonds is 4. The van der Waals surface area contributed by atoms with E-state index in [0.29, 0.717) is 5.82 Å². The highest BCUT2D eigenvalue weighted by atomic mass is 15.5. The minimum Gasteiger partial charge on any atom is -0.354 e. The van der Waals surface area contributed by atoms with Crippen molar-refractivity contribution in [1.82, 2.24) is 35.5 Å². The molecule has 1 fully saturated rings. The third-order valence-electron chi connectivity index (χ3n) is 4.63. The summed E-state index contributed by atoms with van der Waals surface area (Å²) in [6.07, 6.45) is 8.58. The molecule has 1 saturated heterocycles. The lowest BCUT2D eigenvalue weighted by atomic mass is 10.1. The van der Waals surface area contributed by atoms with Gasteiger partial charge in [-0.3, -0.25) is 4.98 Å². The first kappa shape index (κ1) is 17.3. The van der Waals surface area contributed by atoms with E-state index in [1.807, 2.05) is 36.7 Å². The summed E-state index contributed by atoms with van der Waals surface area (Å²) in [5.74, 6) is 1.49. The van der Waals surface area contributed by atoms with Crippen LogP contribution < -0.4 is 4.90 Å². The van der Waals surface area contributed by atoms with Crippen LogP contribution in [-0.4, -0.2) is 68.7 Å². The monoisotopic (exact) mass is 362 g/mol. The summed E-state index contributed by atoms with van der Waals surface area (Å²) >= 11 is 0. The Morgan fingerprint density at radius 1 is 1.07 bits per heavy atom. The lowest BCUT2D eigenvalue weighted by Gasteiger charge is -2.21. The van der Waals surface area contributed by atoms with Crippen LogP contribution in [0.5, 0.6) is 0 Å². The largest absolute Gasteiger partial charge is 0.354 e. The maximum absolute atomic E-state index is 4.87. The number of hydrogen-bond donors (Lipinski definition) is 1. The SMILES string of the molecule is CN1CCCN(c2cncc(-c3cccc(/C=C/c4nn[nH]n4)c3)n2)CC1. The van der Waals surface area contributed by atoms with Gasteiger partial charge < -0.3 is 9.80 Å². The Balaban J connectivity index is 1.56. The van der Waals surface area contributed by atoms with Gasteiger partial charge >= 0.3 is 0 Å². The van der Waals surface area contributed by atoms with E-state index in [0.717, 1.165) is 55.2 Å². The fourth-order valence-corrected chi connectivity index (χ4v) is 3.14. The average Bonchev–Trinajstić information content (AvgIpc) is 3.14. The number of H-pyrrole nitrogens is 1. The average molecular weight is 362 g/mol. The molecule has 1 aliphatic rings. The lowest BCUT2D eigenvalue weighted by Crippen LogP contribution is -2.29. The number of likely N-dealkylation sites (N-methyl/N-ethyl adjacent to an activating group) is 1. The highest BCUT2D eigenvalue weighted by molar-refractivity contribution is 5.71. The van der Waals surface area contributed by atoms with Crippen molar-refractivity contribution in [3.05, 3.63) is 48.0 Å². The molecular weight excluding hydrogens is 340 g/mol. The van der Waals surface area contributed by atoms with E-state index in [-0.39, 0.29) is 0 Å². The third-order valence-corrected chi connectivity index (χ3v) is 4.63. The van der Waals surface area contributed by atoms with E-state index in [2.05, 4.69) is 54.6 Å². The number of aromatic nitrogens is 6. The molecule has 0 radical (unpaired) electrons. The van der Waals surface area contributed by atoms with Crippen LogP contribution in [0.2, 0.25) is 0 Å². The molecule has 138 valence electrons. The second kappa shape index (κ2) is 8.05. The number of nitrogens with zero attached hydrogens (tertiary/aromatic N) is 7. The van der Waals surface area contributed by atoms with Gasteiger partial charge in [0.1, 0.15) is 5.82 Å². The highest BCUT2D eigenvalue weighted by Crippen LogP contribution is 2.22. The molecule has 0 aliphatic carbocycles. The van der Waals surface area contributed by atoms with Crippen LogP contribution in [0.1, 0.15) is 17.8 Å². The second-order valence-electron chi connectivity index (χ2n) is 6.64. The minimum absolute atomic E-state index is 0.549. The molecule has 27 heavy (non-hydrogen) atoms. The van der Waals surface area contributed by atoms with Gasteiger partial charge in [0.15, 0.2) is 5.82 Å². The summed E-state index contributed by atoms with van der Waals surface area (Å²) in [5.41, 5.74) is 2.95. The Hall–Kier alpha value is -3.13. The van der Waals surface area contributed by atoms with Crippen LogP contribution in [0.3, 0.4) is 0 Å². The molecule has 1 aromatic carbocycles. The van der Waals surface area contributed by atoms with Gasteiger partial charge in [-0.15, -0.1) is 10.2 Å². The van der Waals surface area contributed by atoms with Crippen molar-refractivity contribution in [3.63, 3.8) is 0 Å². The maximum Gasteiger partial charge on any atom is 0.197 e. The molecule has 0 saturated carbocycles. The number of anilines is 1. The zero-order chi connectivity index (χ0) is 18.5. The lowest BCUT2D eigenvalue weighted by molar-refractivity contribution is 0.360. The maximum atomic E-state index is 4.87. The van der Waals surface area contributed by atoms with Crippen LogP contribution in [0.15, 0.2) is 36.7 Å². The molecule has 8 heteroatoms. The van der Waals surface area contributed by atoms with Crippen LogP contribution in [-0.2, 0) is 0 Å². The van der Waals surface area contributed by atoms with Crippen molar-refractivity contribution in [3.8, 4) is 11.3 Å². The van der Waals surface area contributed by atoms with Gasteiger partial charge in [-0.2, -0.15) is 5.21 Å². The molecule has 3 aromatic rings. The Labute approximate surface area is 158 Å². The standard InChI is InChI=1S/C19H22N8/c1-26-8-3-9-27(11-10-26)19-14-20-13-17(21-19)16-5-2-4-15(12-16)6-7-18-22-24-25-23-18/h2,4-7,12-14H,3,8-11H2,1H3,(H,22,23,24,25)/b7-6+. The predicted octanol–water partition coefficient (Wildman–Crippen LogP) is 1.97.